The van der Waals surface area contributed by atoms with Crippen molar-refractivity contribution in [2.75, 3.05) is 0 Å². The quantitative estimate of drug-likeness (QED) is 0.441. The van der Waals surface area contributed by atoms with Gasteiger partial charge < -0.3 is 5.11 Å². The predicted octanol–water partition coefficient (Wildman–Crippen LogP) is -0.228. The maximum absolute atomic E-state index is 10.4. The summed E-state index contributed by atoms with van der Waals surface area (Å²) in [7, 11) is 1.77. The molecule has 0 amide bonds. The lowest BCUT2D eigenvalue weighted by molar-refractivity contribution is 0.112. The van der Waals surface area contributed by atoms with Gasteiger partial charge in [0.05, 0.1) is 5.56 Å². The van der Waals surface area contributed by atoms with Crippen LogP contribution in [0, 0.1) is 6.92 Å². The molecule has 0 radical (unpaired) electrons. The Kier molecular flexibility index (Phi) is 1.99. The standard InChI is InChI=1S/C8H9BO2/c1-5-2-6(4-10)8(11)7(9)3-5/h2-4,11H,9H2,1H3. The molecule has 56 valence electrons. The normalized spacial score (nSPS) is 9.55. The molecule has 3 heteroatoms. The Bertz CT molecular complexity index is 294. The highest BCUT2D eigenvalue weighted by molar-refractivity contribution is 6.34. The largest absolute Gasteiger partial charge is 0.508 e. The second-order valence-corrected chi connectivity index (χ2v) is 2.64. The van der Waals surface area contributed by atoms with E-state index in [0.29, 0.717) is 11.8 Å². The van der Waals surface area contributed by atoms with Crippen LogP contribution in [0.1, 0.15) is 15.9 Å². The van der Waals surface area contributed by atoms with E-state index in [1.165, 1.54) is 0 Å². The third-order valence-corrected chi connectivity index (χ3v) is 1.60. The predicted molar refractivity (Wildman–Crippen MR) is 46.4 cm³/mol. The molecular formula is C8H9BO2. The Balaban J connectivity index is 3.35. The van der Waals surface area contributed by atoms with E-state index in [4.69, 9.17) is 0 Å². The maximum Gasteiger partial charge on any atom is 0.153 e. The zero-order valence-electron chi connectivity index (χ0n) is 6.59. The molecule has 1 aromatic rings. The lowest BCUT2D eigenvalue weighted by Gasteiger charge is -2.02. The van der Waals surface area contributed by atoms with Crippen molar-refractivity contribution >= 4 is 19.6 Å². The highest BCUT2D eigenvalue weighted by atomic mass is 16.3. The van der Waals surface area contributed by atoms with Crippen LogP contribution in [0.15, 0.2) is 12.1 Å². The lowest BCUT2D eigenvalue weighted by Crippen LogP contribution is -2.05. The molecular weight excluding hydrogens is 139 g/mol. The van der Waals surface area contributed by atoms with Gasteiger partial charge in [0.25, 0.3) is 0 Å². The Morgan fingerprint density at radius 3 is 2.73 bits per heavy atom. The number of aromatic hydroxyl groups is 1. The smallest absolute Gasteiger partial charge is 0.153 e. The van der Waals surface area contributed by atoms with Gasteiger partial charge in [-0.2, -0.15) is 0 Å². The number of carbonyl (C=O) groups is 1. The molecule has 0 saturated heterocycles. The summed E-state index contributed by atoms with van der Waals surface area (Å²) in [6.45, 7) is 1.89. The van der Waals surface area contributed by atoms with E-state index < -0.39 is 0 Å². The second-order valence-electron chi connectivity index (χ2n) is 2.64. The number of rotatable bonds is 1. The van der Waals surface area contributed by atoms with Gasteiger partial charge in [-0.15, -0.1) is 0 Å². The number of hydrogen-bond acceptors (Lipinski definition) is 2. The molecule has 0 bridgehead atoms. The van der Waals surface area contributed by atoms with Crippen molar-refractivity contribution in [2.24, 2.45) is 0 Å². The van der Waals surface area contributed by atoms with Gasteiger partial charge in [-0.05, 0) is 18.5 Å². The van der Waals surface area contributed by atoms with Crippen LogP contribution >= 0.6 is 0 Å². The van der Waals surface area contributed by atoms with Gasteiger partial charge in [-0.25, -0.2) is 0 Å². The summed E-state index contributed by atoms with van der Waals surface area (Å²) in [5, 5.41) is 9.29. The monoisotopic (exact) mass is 148 g/mol. The van der Waals surface area contributed by atoms with E-state index in [-0.39, 0.29) is 5.75 Å². The summed E-state index contributed by atoms with van der Waals surface area (Å²) in [5.74, 6) is 0.0885. The van der Waals surface area contributed by atoms with Crippen molar-refractivity contribution in [1.82, 2.24) is 0 Å². The van der Waals surface area contributed by atoms with Crippen molar-refractivity contribution in [3.05, 3.63) is 23.3 Å². The number of phenols is 1. The van der Waals surface area contributed by atoms with Gasteiger partial charge in [-0.1, -0.05) is 11.6 Å². The van der Waals surface area contributed by atoms with Crippen LogP contribution in [0.5, 0.6) is 5.75 Å². The first-order valence-corrected chi connectivity index (χ1v) is 3.40. The van der Waals surface area contributed by atoms with Gasteiger partial charge in [0.1, 0.15) is 13.6 Å². The maximum atomic E-state index is 10.4. The third kappa shape index (κ3) is 1.42. The minimum Gasteiger partial charge on any atom is -0.508 e. The number of benzene rings is 1. The molecule has 0 aliphatic carbocycles. The summed E-state index contributed by atoms with van der Waals surface area (Å²) >= 11 is 0. The Labute approximate surface area is 66.3 Å². The molecule has 0 saturated carbocycles. The van der Waals surface area contributed by atoms with E-state index >= 15 is 0 Å². The molecule has 1 aromatic carbocycles. The molecule has 1 rings (SSSR count). The summed E-state index contributed by atoms with van der Waals surface area (Å²) in [5.41, 5.74) is 2.09. The Hall–Kier alpha value is -1.25. The number of carbonyl (C=O) groups excluding carboxylic acids is 1. The first kappa shape index (κ1) is 7.86. The lowest BCUT2D eigenvalue weighted by atomic mass is 9.91. The average molecular weight is 148 g/mol. The van der Waals surface area contributed by atoms with Crippen LogP contribution < -0.4 is 5.46 Å². The van der Waals surface area contributed by atoms with E-state index in [1.54, 1.807) is 13.9 Å². The van der Waals surface area contributed by atoms with Crippen LogP contribution in [0.25, 0.3) is 0 Å². The van der Waals surface area contributed by atoms with Crippen molar-refractivity contribution in [3.8, 4) is 5.75 Å². The molecule has 0 fully saturated rings. The van der Waals surface area contributed by atoms with Gasteiger partial charge in [0, 0.05) is 0 Å². The molecule has 0 heterocycles. The SMILES string of the molecule is Bc1cc(C)cc(C=O)c1O. The molecule has 0 spiro atoms. The molecule has 1 N–H and O–H groups in total. The summed E-state index contributed by atoms with van der Waals surface area (Å²) in [6, 6.07) is 3.50. The molecule has 0 atom stereocenters. The molecule has 0 aliphatic rings. The minimum absolute atomic E-state index is 0.0885. The molecule has 2 nitrogen and oxygen atoms in total. The molecule has 0 aliphatic heterocycles. The van der Waals surface area contributed by atoms with E-state index in [0.717, 1.165) is 11.0 Å². The van der Waals surface area contributed by atoms with Gasteiger partial charge >= 0.3 is 0 Å². The topological polar surface area (TPSA) is 37.3 Å². The van der Waals surface area contributed by atoms with Crippen LogP contribution in [0.2, 0.25) is 0 Å². The second kappa shape index (κ2) is 2.78. The fourth-order valence-electron chi connectivity index (χ4n) is 1.08. The third-order valence-electron chi connectivity index (χ3n) is 1.60. The molecule has 0 unspecified atom stereocenters. The van der Waals surface area contributed by atoms with E-state index in [2.05, 4.69) is 0 Å². The zero-order chi connectivity index (χ0) is 8.43. The summed E-state index contributed by atoms with van der Waals surface area (Å²) < 4.78 is 0. The number of aldehydes is 1. The summed E-state index contributed by atoms with van der Waals surface area (Å²) in [4.78, 5) is 10.4. The van der Waals surface area contributed by atoms with Crippen LogP contribution in [-0.2, 0) is 0 Å². The first-order valence-electron chi connectivity index (χ1n) is 3.40. The Morgan fingerprint density at radius 1 is 1.55 bits per heavy atom. The fourth-order valence-corrected chi connectivity index (χ4v) is 1.08. The van der Waals surface area contributed by atoms with E-state index in [9.17, 15) is 9.90 Å². The average Bonchev–Trinajstić information content (AvgIpc) is 1.96. The number of phenolic OH excluding ortho intramolecular Hbond substituents is 1. The van der Waals surface area contributed by atoms with Crippen molar-refractivity contribution in [1.29, 1.82) is 0 Å². The fraction of sp³-hybridized carbons (Fsp3) is 0.125. The van der Waals surface area contributed by atoms with E-state index in [1.807, 2.05) is 13.0 Å². The minimum atomic E-state index is 0.0885. The van der Waals surface area contributed by atoms with Crippen molar-refractivity contribution in [3.63, 3.8) is 0 Å². The molecule has 11 heavy (non-hydrogen) atoms. The van der Waals surface area contributed by atoms with Crippen LogP contribution in [0.3, 0.4) is 0 Å². The first-order chi connectivity index (χ1) is 5.15. The van der Waals surface area contributed by atoms with Gasteiger partial charge in [0.2, 0.25) is 0 Å². The van der Waals surface area contributed by atoms with Crippen LogP contribution in [-0.4, -0.2) is 19.2 Å². The van der Waals surface area contributed by atoms with Gasteiger partial charge in [0.15, 0.2) is 6.29 Å². The van der Waals surface area contributed by atoms with Crippen molar-refractivity contribution < 1.29 is 9.90 Å². The number of aryl methyl sites for hydroxylation is 1. The molecule has 0 aromatic heterocycles. The Morgan fingerprint density at radius 2 is 2.18 bits per heavy atom. The summed E-state index contributed by atoms with van der Waals surface area (Å²) in [6.07, 6.45) is 0.662. The zero-order valence-corrected chi connectivity index (χ0v) is 6.59. The van der Waals surface area contributed by atoms with Crippen LogP contribution in [0.4, 0.5) is 0 Å². The van der Waals surface area contributed by atoms with Crippen molar-refractivity contribution in [2.45, 2.75) is 6.92 Å². The highest BCUT2D eigenvalue weighted by Crippen LogP contribution is 2.12. The van der Waals surface area contributed by atoms with Gasteiger partial charge in [-0.3, -0.25) is 4.79 Å². The number of hydrogen-bond donors (Lipinski definition) is 1. The highest BCUT2D eigenvalue weighted by Gasteiger charge is 2.02.